The number of rotatable bonds is 51. The van der Waals surface area contributed by atoms with Crippen LogP contribution in [-0.4, -0.2) is 98.7 Å². The molecule has 1 aliphatic rings. The fraction of sp³-hybridized carbons (Fsp3) is 0.982. The highest BCUT2D eigenvalue weighted by Crippen LogP contribution is 2.23. The molecule has 0 radical (unpaired) electrons. The van der Waals surface area contributed by atoms with Crippen molar-refractivity contribution in [3.63, 3.8) is 0 Å². The summed E-state index contributed by atoms with van der Waals surface area (Å²) in [5.74, 6) is -0.576. The van der Waals surface area contributed by atoms with E-state index in [9.17, 15) is 35.4 Å². The Labute approximate surface area is 413 Å². The Morgan fingerprint density at radius 3 is 1.06 bits per heavy atom. The van der Waals surface area contributed by atoms with E-state index in [1.807, 2.05) is 0 Å². The monoisotopic (exact) mass is 956 g/mol. The molecule has 67 heavy (non-hydrogen) atoms. The molecule has 0 saturated carbocycles. The second kappa shape index (κ2) is 47.5. The first-order chi connectivity index (χ1) is 32.8. The molecule has 10 nitrogen and oxygen atoms in total. The first kappa shape index (κ1) is 64.2. The summed E-state index contributed by atoms with van der Waals surface area (Å²) in [4.78, 5) is 13.1. The quantitative estimate of drug-likeness (QED) is 0.0293. The molecular formula is C57H113NO9. The van der Waals surface area contributed by atoms with E-state index >= 15 is 0 Å². The average molecular weight is 957 g/mol. The Morgan fingerprint density at radius 2 is 0.746 bits per heavy atom. The van der Waals surface area contributed by atoms with Gasteiger partial charge in [-0.1, -0.05) is 284 Å². The van der Waals surface area contributed by atoms with Crippen molar-refractivity contribution in [1.29, 1.82) is 0 Å². The van der Waals surface area contributed by atoms with E-state index in [0.717, 1.165) is 38.5 Å². The molecule has 8 unspecified atom stereocenters. The molecule has 1 fully saturated rings. The number of hydrogen-bond donors (Lipinski definition) is 7. The highest BCUT2D eigenvalue weighted by atomic mass is 16.7. The van der Waals surface area contributed by atoms with Crippen molar-refractivity contribution in [3.05, 3.63) is 0 Å². The van der Waals surface area contributed by atoms with Gasteiger partial charge in [-0.3, -0.25) is 4.79 Å². The summed E-state index contributed by atoms with van der Waals surface area (Å²) < 4.78 is 11.2. The maximum absolute atomic E-state index is 13.1. The molecule has 0 spiro atoms. The number of aliphatic hydroxyl groups is 6. The van der Waals surface area contributed by atoms with Crippen molar-refractivity contribution >= 4 is 5.91 Å². The molecule has 400 valence electrons. The van der Waals surface area contributed by atoms with E-state index in [1.165, 1.54) is 231 Å². The Balaban J connectivity index is 2.17. The third-order valence-electron chi connectivity index (χ3n) is 14.6. The van der Waals surface area contributed by atoms with Gasteiger partial charge < -0.3 is 45.4 Å². The summed E-state index contributed by atoms with van der Waals surface area (Å²) in [5.41, 5.74) is 0. The summed E-state index contributed by atoms with van der Waals surface area (Å²) in [6, 6.07) is -0.889. The second-order valence-electron chi connectivity index (χ2n) is 20.9. The van der Waals surface area contributed by atoms with Gasteiger partial charge in [0.25, 0.3) is 0 Å². The third-order valence-corrected chi connectivity index (χ3v) is 14.6. The van der Waals surface area contributed by atoms with E-state index < -0.39 is 61.5 Å². The van der Waals surface area contributed by atoms with Gasteiger partial charge in [0, 0.05) is 0 Å². The van der Waals surface area contributed by atoms with Gasteiger partial charge in [0.2, 0.25) is 5.91 Å². The molecule has 0 bridgehead atoms. The summed E-state index contributed by atoms with van der Waals surface area (Å²) >= 11 is 0. The van der Waals surface area contributed by atoms with Crippen LogP contribution in [0.15, 0.2) is 0 Å². The molecule has 1 amide bonds. The summed E-state index contributed by atoms with van der Waals surface area (Å²) in [6.45, 7) is 3.71. The van der Waals surface area contributed by atoms with Gasteiger partial charge in [0.15, 0.2) is 6.29 Å². The van der Waals surface area contributed by atoms with Crippen molar-refractivity contribution in [2.24, 2.45) is 0 Å². The Kier molecular flexibility index (Phi) is 45.5. The van der Waals surface area contributed by atoms with Gasteiger partial charge in [0.1, 0.15) is 30.5 Å². The van der Waals surface area contributed by atoms with Gasteiger partial charge in [-0.15, -0.1) is 0 Å². The molecule has 1 heterocycles. The molecule has 8 atom stereocenters. The minimum Gasteiger partial charge on any atom is -0.394 e. The Morgan fingerprint density at radius 1 is 0.448 bits per heavy atom. The van der Waals surface area contributed by atoms with Gasteiger partial charge in [-0.25, -0.2) is 0 Å². The van der Waals surface area contributed by atoms with Crippen LogP contribution in [0.1, 0.15) is 296 Å². The summed E-state index contributed by atoms with van der Waals surface area (Å²) in [7, 11) is 0. The van der Waals surface area contributed by atoms with Crippen LogP contribution < -0.4 is 5.32 Å². The van der Waals surface area contributed by atoms with Gasteiger partial charge in [-0.2, -0.15) is 0 Å². The zero-order valence-electron chi connectivity index (χ0n) is 44.1. The average Bonchev–Trinajstić information content (AvgIpc) is 3.33. The number of hydrogen-bond acceptors (Lipinski definition) is 9. The molecule has 0 aromatic heterocycles. The molecule has 1 saturated heterocycles. The number of ether oxygens (including phenoxy) is 2. The lowest BCUT2D eigenvalue weighted by molar-refractivity contribution is -0.302. The number of amides is 1. The molecule has 10 heteroatoms. The Bertz CT molecular complexity index is 1040. The highest BCUT2D eigenvalue weighted by Gasteiger charge is 2.44. The lowest BCUT2D eigenvalue weighted by atomic mass is 9.99. The van der Waals surface area contributed by atoms with Crippen molar-refractivity contribution in [1.82, 2.24) is 5.32 Å². The maximum Gasteiger partial charge on any atom is 0.249 e. The first-order valence-corrected chi connectivity index (χ1v) is 29.3. The zero-order valence-corrected chi connectivity index (χ0v) is 44.1. The number of nitrogens with one attached hydrogen (secondary N) is 1. The Hall–Kier alpha value is -0.850. The number of aliphatic hydroxyl groups excluding tert-OH is 6. The van der Waals surface area contributed by atoms with Crippen molar-refractivity contribution < 1.29 is 44.9 Å². The number of carbonyl (C=O) groups excluding carboxylic acids is 1. The van der Waals surface area contributed by atoms with Gasteiger partial charge >= 0.3 is 0 Å². The first-order valence-electron chi connectivity index (χ1n) is 29.3. The predicted molar refractivity (Wildman–Crippen MR) is 278 cm³/mol. The van der Waals surface area contributed by atoms with Crippen LogP contribution in [0.3, 0.4) is 0 Å². The second-order valence-corrected chi connectivity index (χ2v) is 20.9. The maximum atomic E-state index is 13.1. The van der Waals surface area contributed by atoms with E-state index in [1.54, 1.807) is 0 Å². The third kappa shape index (κ3) is 36.7. The summed E-state index contributed by atoms with van der Waals surface area (Å²) in [5, 5.41) is 65.2. The van der Waals surface area contributed by atoms with Crippen LogP contribution >= 0.6 is 0 Å². The molecule has 0 aromatic rings. The van der Waals surface area contributed by atoms with E-state index in [4.69, 9.17) is 9.47 Å². The van der Waals surface area contributed by atoms with Crippen LogP contribution in [0.25, 0.3) is 0 Å². The number of unbranched alkanes of at least 4 members (excludes halogenated alkanes) is 40. The smallest absolute Gasteiger partial charge is 0.249 e. The van der Waals surface area contributed by atoms with Crippen LogP contribution in [0, 0.1) is 0 Å². The lowest BCUT2D eigenvalue weighted by Gasteiger charge is -2.40. The van der Waals surface area contributed by atoms with Crippen LogP contribution in [0.4, 0.5) is 0 Å². The largest absolute Gasteiger partial charge is 0.394 e. The van der Waals surface area contributed by atoms with Gasteiger partial charge in [0.05, 0.1) is 25.4 Å². The highest BCUT2D eigenvalue weighted by molar-refractivity contribution is 5.80. The number of carbonyl (C=O) groups is 1. The van der Waals surface area contributed by atoms with Crippen molar-refractivity contribution in [2.45, 2.75) is 345 Å². The van der Waals surface area contributed by atoms with Gasteiger partial charge in [-0.05, 0) is 12.8 Å². The van der Waals surface area contributed by atoms with E-state index in [0.29, 0.717) is 12.8 Å². The molecule has 1 rings (SSSR count). The molecule has 0 aromatic carbocycles. The van der Waals surface area contributed by atoms with Crippen LogP contribution in [-0.2, 0) is 14.3 Å². The van der Waals surface area contributed by atoms with Crippen LogP contribution in [0.5, 0.6) is 0 Å². The topological polar surface area (TPSA) is 169 Å². The summed E-state index contributed by atoms with van der Waals surface area (Å²) in [6.07, 6.45) is 46.1. The fourth-order valence-electron chi connectivity index (χ4n) is 9.82. The molecule has 0 aliphatic carbocycles. The van der Waals surface area contributed by atoms with Crippen molar-refractivity contribution in [2.75, 3.05) is 13.2 Å². The fourth-order valence-corrected chi connectivity index (χ4v) is 9.82. The minimum atomic E-state index is -1.59. The van der Waals surface area contributed by atoms with Crippen molar-refractivity contribution in [3.8, 4) is 0 Å². The predicted octanol–water partition coefficient (Wildman–Crippen LogP) is 13.2. The standard InChI is InChI=1S/C57H113NO9/c1-3-5-7-9-11-13-15-17-19-20-21-22-23-24-25-26-27-28-29-30-31-32-34-36-38-40-42-44-46-51(61)56(65)58-49(48-66-57-55(64)54(63)53(62)52(47-59)67-57)50(60)45-43-41-39-37-35-33-18-16-14-12-10-8-6-4-2/h49-55,57,59-64H,3-48H2,1-2H3,(H,58,65). The SMILES string of the molecule is CCCCCCCCCCCCCCCCCCCCCCCCCCCCCCC(O)C(=O)NC(COC1OC(CO)C(O)C(O)C1O)C(O)CCCCCCCCCCCCCCCC. The normalized spacial score (nSPS) is 20.0. The molecule has 1 aliphatic heterocycles. The molecular weight excluding hydrogens is 843 g/mol. The van der Waals surface area contributed by atoms with E-state index in [-0.39, 0.29) is 6.61 Å². The lowest BCUT2D eigenvalue weighted by Crippen LogP contribution is -2.60. The minimum absolute atomic E-state index is 0.249. The zero-order chi connectivity index (χ0) is 48.8. The van der Waals surface area contributed by atoms with E-state index in [2.05, 4.69) is 19.2 Å². The molecule has 7 N–H and O–H groups in total. The van der Waals surface area contributed by atoms with Crippen LogP contribution in [0.2, 0.25) is 0 Å².